The van der Waals surface area contributed by atoms with Gasteiger partial charge in [-0.15, -0.1) is 0 Å². The Bertz CT molecular complexity index is 347. The Hall–Kier alpha value is -0.980. The minimum Gasteiger partial charge on any atom is -0.376 e. The van der Waals surface area contributed by atoms with Gasteiger partial charge in [-0.2, -0.15) is 4.98 Å². The molecule has 0 radical (unpaired) electrons. The van der Waals surface area contributed by atoms with Crippen LogP contribution in [0.1, 0.15) is 44.0 Å². The zero-order valence-corrected chi connectivity index (χ0v) is 10.3. The molecular formula is C11H19N3O3. The molecule has 6 nitrogen and oxygen atoms in total. The van der Waals surface area contributed by atoms with Gasteiger partial charge in [-0.05, 0) is 13.3 Å². The van der Waals surface area contributed by atoms with E-state index >= 15 is 0 Å². The highest BCUT2D eigenvalue weighted by Crippen LogP contribution is 2.24. The number of hydrogen-bond donors (Lipinski definition) is 1. The highest BCUT2D eigenvalue weighted by molar-refractivity contribution is 4.99. The highest BCUT2D eigenvalue weighted by Gasteiger charge is 2.26. The van der Waals surface area contributed by atoms with Crippen molar-refractivity contribution in [3.8, 4) is 0 Å². The first kappa shape index (κ1) is 12.5. The minimum absolute atomic E-state index is 0.00294. The fourth-order valence-electron chi connectivity index (χ4n) is 1.94. The molecule has 1 fully saturated rings. The molecule has 0 aliphatic carbocycles. The van der Waals surface area contributed by atoms with Gasteiger partial charge in [-0.25, -0.2) is 0 Å². The average molecular weight is 241 g/mol. The van der Waals surface area contributed by atoms with Crippen LogP contribution in [0.2, 0.25) is 0 Å². The van der Waals surface area contributed by atoms with Crippen LogP contribution in [0.3, 0.4) is 0 Å². The van der Waals surface area contributed by atoms with Crippen LogP contribution in [0.4, 0.5) is 0 Å². The lowest BCUT2D eigenvalue weighted by Crippen LogP contribution is -2.25. The molecule has 17 heavy (non-hydrogen) atoms. The molecule has 96 valence electrons. The van der Waals surface area contributed by atoms with E-state index in [2.05, 4.69) is 17.1 Å². The number of hydrogen-bond acceptors (Lipinski definition) is 6. The lowest BCUT2D eigenvalue weighted by Gasteiger charge is -2.19. The molecule has 0 spiro atoms. The molecule has 1 saturated heterocycles. The Morgan fingerprint density at radius 2 is 2.29 bits per heavy atom. The molecule has 3 atom stereocenters. The Labute approximate surface area is 100 Å². The number of nitrogens with two attached hydrogens (primary N) is 1. The average Bonchev–Trinajstić information content (AvgIpc) is 2.80. The monoisotopic (exact) mass is 241 g/mol. The van der Waals surface area contributed by atoms with Gasteiger partial charge in [0.05, 0.1) is 25.7 Å². The SMILES string of the molecule is CCC(c1nc(C2COCCO2)no1)C(C)N. The summed E-state index contributed by atoms with van der Waals surface area (Å²) in [7, 11) is 0. The maximum absolute atomic E-state index is 5.88. The molecule has 2 N–H and O–H groups in total. The van der Waals surface area contributed by atoms with E-state index < -0.39 is 0 Å². The zero-order valence-electron chi connectivity index (χ0n) is 10.3. The maximum atomic E-state index is 5.88. The highest BCUT2D eigenvalue weighted by atomic mass is 16.6. The second-order valence-electron chi connectivity index (χ2n) is 4.30. The molecule has 2 heterocycles. The van der Waals surface area contributed by atoms with Gasteiger partial charge in [-0.1, -0.05) is 12.1 Å². The van der Waals surface area contributed by atoms with Gasteiger partial charge in [0.2, 0.25) is 11.7 Å². The first-order chi connectivity index (χ1) is 8.22. The fourth-order valence-corrected chi connectivity index (χ4v) is 1.94. The molecule has 6 heteroatoms. The third-order valence-electron chi connectivity index (χ3n) is 2.95. The summed E-state index contributed by atoms with van der Waals surface area (Å²) >= 11 is 0. The lowest BCUT2D eigenvalue weighted by atomic mass is 9.99. The van der Waals surface area contributed by atoms with Gasteiger partial charge in [0.1, 0.15) is 6.10 Å². The van der Waals surface area contributed by atoms with Crippen molar-refractivity contribution in [2.45, 2.75) is 38.3 Å². The summed E-state index contributed by atoms with van der Waals surface area (Å²) in [5.74, 6) is 1.24. The second kappa shape index (κ2) is 5.57. The Balaban J connectivity index is 2.08. The standard InChI is InChI=1S/C11H19N3O3/c1-3-8(7(2)12)11-13-10(14-17-11)9-6-15-4-5-16-9/h7-9H,3-6,12H2,1-2H3. The van der Waals surface area contributed by atoms with E-state index in [1.165, 1.54) is 0 Å². The Kier molecular flexibility index (Phi) is 4.09. The van der Waals surface area contributed by atoms with E-state index in [0.29, 0.717) is 31.5 Å². The maximum Gasteiger partial charge on any atom is 0.231 e. The van der Waals surface area contributed by atoms with Gasteiger partial charge in [0.25, 0.3) is 0 Å². The number of rotatable bonds is 4. The van der Waals surface area contributed by atoms with E-state index in [0.717, 1.165) is 6.42 Å². The molecule has 0 saturated carbocycles. The molecule has 2 rings (SSSR count). The van der Waals surface area contributed by atoms with Gasteiger partial charge in [0, 0.05) is 6.04 Å². The van der Waals surface area contributed by atoms with Crippen LogP contribution in [0, 0.1) is 0 Å². The van der Waals surface area contributed by atoms with Crippen LogP contribution in [0.5, 0.6) is 0 Å². The van der Waals surface area contributed by atoms with Crippen molar-refractivity contribution in [1.29, 1.82) is 0 Å². The van der Waals surface area contributed by atoms with Crippen LogP contribution in [0.25, 0.3) is 0 Å². The molecule has 1 aromatic heterocycles. The van der Waals surface area contributed by atoms with E-state index in [-0.39, 0.29) is 18.1 Å². The molecule has 1 aliphatic rings. The van der Waals surface area contributed by atoms with Crippen LogP contribution in [0.15, 0.2) is 4.52 Å². The van der Waals surface area contributed by atoms with Crippen LogP contribution in [-0.2, 0) is 9.47 Å². The summed E-state index contributed by atoms with van der Waals surface area (Å²) in [4.78, 5) is 4.36. The van der Waals surface area contributed by atoms with Crippen molar-refractivity contribution >= 4 is 0 Å². The fraction of sp³-hybridized carbons (Fsp3) is 0.818. The third kappa shape index (κ3) is 2.83. The van der Waals surface area contributed by atoms with Crippen LogP contribution < -0.4 is 5.73 Å². The van der Waals surface area contributed by atoms with Gasteiger partial charge in [-0.3, -0.25) is 0 Å². The number of ether oxygens (including phenoxy) is 2. The topological polar surface area (TPSA) is 83.4 Å². The summed E-state index contributed by atoms with van der Waals surface area (Å²) in [5, 5.41) is 3.94. The number of nitrogens with zero attached hydrogens (tertiary/aromatic N) is 2. The van der Waals surface area contributed by atoms with Gasteiger partial charge >= 0.3 is 0 Å². The van der Waals surface area contributed by atoms with Crippen molar-refractivity contribution in [3.05, 3.63) is 11.7 Å². The van der Waals surface area contributed by atoms with Crippen molar-refractivity contribution in [3.63, 3.8) is 0 Å². The Morgan fingerprint density at radius 1 is 1.47 bits per heavy atom. The summed E-state index contributed by atoms with van der Waals surface area (Å²) in [6.45, 7) is 5.67. The summed E-state index contributed by atoms with van der Waals surface area (Å²) in [5.41, 5.74) is 5.88. The van der Waals surface area contributed by atoms with E-state index in [1.54, 1.807) is 0 Å². The molecule has 3 unspecified atom stereocenters. The summed E-state index contributed by atoms with van der Waals surface area (Å²) in [6.07, 6.45) is 0.660. The van der Waals surface area contributed by atoms with E-state index in [1.807, 2.05) is 6.92 Å². The van der Waals surface area contributed by atoms with Crippen molar-refractivity contribution in [2.75, 3.05) is 19.8 Å². The largest absolute Gasteiger partial charge is 0.376 e. The van der Waals surface area contributed by atoms with Gasteiger partial charge < -0.3 is 19.7 Å². The molecule has 0 bridgehead atoms. The summed E-state index contributed by atoms with van der Waals surface area (Å²) in [6, 6.07) is -0.00294. The quantitative estimate of drug-likeness (QED) is 0.846. The molecule has 1 aromatic rings. The van der Waals surface area contributed by atoms with Crippen LogP contribution >= 0.6 is 0 Å². The molecular weight excluding hydrogens is 222 g/mol. The van der Waals surface area contributed by atoms with E-state index in [4.69, 9.17) is 19.7 Å². The first-order valence-electron chi connectivity index (χ1n) is 6.00. The second-order valence-corrected chi connectivity index (χ2v) is 4.30. The van der Waals surface area contributed by atoms with Gasteiger partial charge in [0.15, 0.2) is 0 Å². The smallest absolute Gasteiger partial charge is 0.231 e. The van der Waals surface area contributed by atoms with Crippen molar-refractivity contribution in [2.24, 2.45) is 5.73 Å². The molecule has 1 aliphatic heterocycles. The summed E-state index contributed by atoms with van der Waals surface area (Å²) < 4.78 is 16.1. The zero-order chi connectivity index (χ0) is 12.3. The lowest BCUT2D eigenvalue weighted by molar-refractivity contribution is -0.0941. The van der Waals surface area contributed by atoms with E-state index in [9.17, 15) is 0 Å². The predicted octanol–water partition coefficient (Wildman–Crippen LogP) is 0.998. The number of aromatic nitrogens is 2. The predicted molar refractivity (Wildman–Crippen MR) is 60.5 cm³/mol. The first-order valence-corrected chi connectivity index (χ1v) is 6.00. The minimum atomic E-state index is -0.216. The normalized spacial score (nSPS) is 24.5. The Morgan fingerprint density at radius 3 is 2.88 bits per heavy atom. The van der Waals surface area contributed by atoms with Crippen molar-refractivity contribution in [1.82, 2.24) is 10.1 Å². The molecule has 0 amide bonds. The third-order valence-corrected chi connectivity index (χ3v) is 2.95. The molecule has 0 aromatic carbocycles. The van der Waals surface area contributed by atoms with Crippen LogP contribution in [-0.4, -0.2) is 36.0 Å². The van der Waals surface area contributed by atoms with Crippen molar-refractivity contribution < 1.29 is 14.0 Å².